The van der Waals surface area contributed by atoms with Gasteiger partial charge in [0.15, 0.2) is 0 Å². The third-order valence-corrected chi connectivity index (χ3v) is 3.47. The minimum atomic E-state index is 0.414. The highest BCUT2D eigenvalue weighted by atomic mass is 16.5. The van der Waals surface area contributed by atoms with Gasteiger partial charge in [0.25, 0.3) is 0 Å². The van der Waals surface area contributed by atoms with Gasteiger partial charge in [-0.3, -0.25) is 4.90 Å². The Kier molecular flexibility index (Phi) is 4.57. The molecule has 17 heavy (non-hydrogen) atoms. The zero-order chi connectivity index (χ0) is 12.1. The van der Waals surface area contributed by atoms with Crippen LogP contribution in [0.25, 0.3) is 0 Å². The van der Waals surface area contributed by atoms with Crippen LogP contribution in [0.5, 0.6) is 0 Å². The van der Waals surface area contributed by atoms with Crippen molar-refractivity contribution < 1.29 is 4.74 Å². The molecule has 2 heteroatoms. The third-order valence-electron chi connectivity index (χ3n) is 3.47. The van der Waals surface area contributed by atoms with Gasteiger partial charge in [-0.05, 0) is 18.4 Å². The maximum absolute atomic E-state index is 6.01. The summed E-state index contributed by atoms with van der Waals surface area (Å²) in [5.41, 5.74) is 1.40. The van der Waals surface area contributed by atoms with Crippen LogP contribution in [0, 0.1) is 0 Å². The molecule has 1 aromatic rings. The molecule has 0 aliphatic carbocycles. The molecule has 1 heterocycles. The van der Waals surface area contributed by atoms with E-state index >= 15 is 0 Å². The molecule has 0 unspecified atom stereocenters. The summed E-state index contributed by atoms with van der Waals surface area (Å²) in [6, 6.07) is 10.7. The van der Waals surface area contributed by atoms with Crippen molar-refractivity contribution in [1.82, 2.24) is 4.90 Å². The van der Waals surface area contributed by atoms with E-state index in [4.69, 9.17) is 4.74 Å². The Morgan fingerprint density at radius 1 is 1.06 bits per heavy atom. The summed E-state index contributed by atoms with van der Waals surface area (Å²) in [5.74, 6) is 0. The second-order valence-electron chi connectivity index (χ2n) is 4.88. The summed E-state index contributed by atoms with van der Waals surface area (Å²) in [7, 11) is 0. The maximum Gasteiger partial charge on any atom is 0.0703 e. The van der Waals surface area contributed by atoms with Crippen molar-refractivity contribution in [3.8, 4) is 0 Å². The lowest BCUT2D eigenvalue weighted by Crippen LogP contribution is -2.46. The van der Waals surface area contributed by atoms with Crippen LogP contribution in [0.1, 0.15) is 32.3 Å². The Labute approximate surface area is 105 Å². The van der Waals surface area contributed by atoms with Gasteiger partial charge in [0.05, 0.1) is 12.2 Å². The first kappa shape index (κ1) is 12.6. The van der Waals surface area contributed by atoms with Crippen LogP contribution in [-0.4, -0.2) is 30.2 Å². The van der Waals surface area contributed by atoms with Crippen molar-refractivity contribution in [3.05, 3.63) is 35.9 Å². The van der Waals surface area contributed by atoms with E-state index in [9.17, 15) is 0 Å². The van der Waals surface area contributed by atoms with Crippen molar-refractivity contribution in [2.24, 2.45) is 0 Å². The normalized spacial score (nSPS) is 26.0. The van der Waals surface area contributed by atoms with Gasteiger partial charge in [0.2, 0.25) is 0 Å². The van der Waals surface area contributed by atoms with E-state index in [0.717, 1.165) is 32.5 Å². The van der Waals surface area contributed by atoms with Gasteiger partial charge in [-0.1, -0.05) is 44.2 Å². The van der Waals surface area contributed by atoms with Gasteiger partial charge in [-0.25, -0.2) is 0 Å². The van der Waals surface area contributed by atoms with Gasteiger partial charge in [-0.15, -0.1) is 0 Å². The third kappa shape index (κ3) is 3.55. The number of ether oxygens (including phenoxy) is 1. The Balaban J connectivity index is 1.95. The molecule has 1 fully saturated rings. The first-order valence-corrected chi connectivity index (χ1v) is 6.73. The molecule has 0 spiro atoms. The van der Waals surface area contributed by atoms with Gasteiger partial charge in [0.1, 0.15) is 0 Å². The van der Waals surface area contributed by atoms with Gasteiger partial charge >= 0.3 is 0 Å². The molecule has 2 nitrogen and oxygen atoms in total. The molecule has 1 aromatic carbocycles. The molecule has 0 amide bonds. The van der Waals surface area contributed by atoms with Crippen molar-refractivity contribution in [2.75, 3.05) is 13.1 Å². The second kappa shape index (κ2) is 6.18. The summed E-state index contributed by atoms with van der Waals surface area (Å²) in [5, 5.41) is 0. The Morgan fingerprint density at radius 3 is 2.18 bits per heavy atom. The predicted octanol–water partition coefficient (Wildman–Crippen LogP) is 3.08. The lowest BCUT2D eigenvalue weighted by atomic mass is 10.1. The van der Waals surface area contributed by atoms with E-state index in [0.29, 0.717) is 12.2 Å². The van der Waals surface area contributed by atoms with Crippen LogP contribution in [0.4, 0.5) is 0 Å². The number of benzene rings is 1. The SMILES string of the molecule is CC[C@@H]1CN(Cc2ccccc2)C[C@@H](CC)O1. The monoisotopic (exact) mass is 233 g/mol. The Morgan fingerprint density at radius 2 is 1.65 bits per heavy atom. The zero-order valence-electron chi connectivity index (χ0n) is 10.9. The van der Waals surface area contributed by atoms with E-state index in [1.54, 1.807) is 0 Å². The Hall–Kier alpha value is -0.860. The van der Waals surface area contributed by atoms with E-state index in [1.165, 1.54) is 5.56 Å². The van der Waals surface area contributed by atoms with Crippen LogP contribution < -0.4 is 0 Å². The van der Waals surface area contributed by atoms with E-state index in [2.05, 4.69) is 49.1 Å². The standard InChI is InChI=1S/C15H23NO/c1-3-14-11-16(12-15(4-2)17-14)10-13-8-6-5-7-9-13/h5-9,14-15H,3-4,10-12H2,1-2H3/t14-,15-/m1/s1. The van der Waals surface area contributed by atoms with Crippen LogP contribution in [-0.2, 0) is 11.3 Å². The lowest BCUT2D eigenvalue weighted by molar-refractivity contribution is -0.0892. The smallest absolute Gasteiger partial charge is 0.0703 e. The number of morpholine rings is 1. The summed E-state index contributed by atoms with van der Waals surface area (Å²) in [6.45, 7) is 7.62. The predicted molar refractivity (Wildman–Crippen MR) is 71.0 cm³/mol. The second-order valence-corrected chi connectivity index (χ2v) is 4.88. The van der Waals surface area contributed by atoms with E-state index in [-0.39, 0.29) is 0 Å². The van der Waals surface area contributed by atoms with Crippen LogP contribution in [0.15, 0.2) is 30.3 Å². The molecule has 0 bridgehead atoms. The highest BCUT2D eigenvalue weighted by Crippen LogP contribution is 2.18. The number of hydrogen-bond acceptors (Lipinski definition) is 2. The zero-order valence-corrected chi connectivity index (χ0v) is 10.9. The fraction of sp³-hybridized carbons (Fsp3) is 0.600. The summed E-state index contributed by atoms with van der Waals surface area (Å²) >= 11 is 0. The fourth-order valence-electron chi connectivity index (χ4n) is 2.43. The quantitative estimate of drug-likeness (QED) is 0.792. The highest BCUT2D eigenvalue weighted by molar-refractivity contribution is 5.14. The maximum atomic E-state index is 6.01. The molecular weight excluding hydrogens is 210 g/mol. The average molecular weight is 233 g/mol. The van der Waals surface area contributed by atoms with E-state index in [1.807, 2.05) is 0 Å². The molecule has 0 aromatic heterocycles. The van der Waals surface area contributed by atoms with Crippen molar-refractivity contribution in [1.29, 1.82) is 0 Å². The summed E-state index contributed by atoms with van der Waals surface area (Å²) in [6.07, 6.45) is 3.05. The van der Waals surface area contributed by atoms with Crippen molar-refractivity contribution >= 4 is 0 Å². The van der Waals surface area contributed by atoms with Gasteiger partial charge in [-0.2, -0.15) is 0 Å². The molecular formula is C15H23NO. The largest absolute Gasteiger partial charge is 0.372 e. The first-order valence-electron chi connectivity index (χ1n) is 6.73. The summed E-state index contributed by atoms with van der Waals surface area (Å²) in [4.78, 5) is 2.53. The molecule has 0 saturated carbocycles. The van der Waals surface area contributed by atoms with Crippen LogP contribution in [0.3, 0.4) is 0 Å². The van der Waals surface area contributed by atoms with Gasteiger partial charge < -0.3 is 4.74 Å². The molecule has 94 valence electrons. The van der Waals surface area contributed by atoms with Gasteiger partial charge in [0, 0.05) is 19.6 Å². The van der Waals surface area contributed by atoms with Crippen molar-refractivity contribution in [2.45, 2.75) is 45.4 Å². The fourth-order valence-corrected chi connectivity index (χ4v) is 2.43. The Bertz CT molecular complexity index is 313. The first-order chi connectivity index (χ1) is 8.31. The topological polar surface area (TPSA) is 12.5 Å². The van der Waals surface area contributed by atoms with Crippen molar-refractivity contribution in [3.63, 3.8) is 0 Å². The molecule has 2 rings (SSSR count). The van der Waals surface area contributed by atoms with Crippen LogP contribution in [0.2, 0.25) is 0 Å². The highest BCUT2D eigenvalue weighted by Gasteiger charge is 2.25. The molecule has 0 radical (unpaired) electrons. The molecule has 1 saturated heterocycles. The van der Waals surface area contributed by atoms with E-state index < -0.39 is 0 Å². The molecule has 2 atom stereocenters. The average Bonchev–Trinajstić information content (AvgIpc) is 2.39. The minimum absolute atomic E-state index is 0.414. The minimum Gasteiger partial charge on any atom is -0.372 e. The summed E-state index contributed by atoms with van der Waals surface area (Å²) < 4.78 is 6.01. The number of nitrogens with zero attached hydrogens (tertiary/aromatic N) is 1. The lowest BCUT2D eigenvalue weighted by Gasteiger charge is -2.37. The number of hydrogen-bond donors (Lipinski definition) is 0. The van der Waals surface area contributed by atoms with Crippen LogP contribution >= 0.6 is 0 Å². The number of rotatable bonds is 4. The molecule has 1 aliphatic heterocycles. The molecule has 1 aliphatic rings. The molecule has 0 N–H and O–H groups in total.